The average molecular weight is 570 g/mol. The zero-order valence-corrected chi connectivity index (χ0v) is 23.0. The normalized spacial score (nSPS) is 14.6. The summed E-state index contributed by atoms with van der Waals surface area (Å²) in [5, 5.41) is 9.05. The number of carbonyl (C=O) groups is 1. The molecule has 0 saturated carbocycles. The third-order valence-corrected chi connectivity index (χ3v) is 7.34. The van der Waals surface area contributed by atoms with E-state index in [4.69, 9.17) is 24.5 Å². The second-order valence-electron chi connectivity index (χ2n) is 8.81. The van der Waals surface area contributed by atoms with Gasteiger partial charge in [0.05, 0.1) is 35.6 Å². The molecule has 10 heteroatoms. The van der Waals surface area contributed by atoms with E-state index in [1.807, 2.05) is 36.4 Å². The van der Waals surface area contributed by atoms with E-state index >= 15 is 0 Å². The van der Waals surface area contributed by atoms with Crippen LogP contribution in [0.2, 0.25) is 0 Å². The highest BCUT2D eigenvalue weighted by atomic mass is 32.1. The number of benzene rings is 3. The van der Waals surface area contributed by atoms with Gasteiger partial charge in [-0.2, -0.15) is 5.26 Å². The number of rotatable bonds is 8. The molecule has 1 aliphatic heterocycles. The van der Waals surface area contributed by atoms with Crippen molar-refractivity contribution in [1.29, 1.82) is 5.26 Å². The first-order valence-electron chi connectivity index (χ1n) is 12.7. The van der Waals surface area contributed by atoms with E-state index in [0.29, 0.717) is 43.2 Å². The van der Waals surface area contributed by atoms with Gasteiger partial charge in [-0.3, -0.25) is 9.36 Å². The van der Waals surface area contributed by atoms with Crippen LogP contribution >= 0.6 is 11.3 Å². The zero-order valence-electron chi connectivity index (χ0n) is 22.2. The van der Waals surface area contributed by atoms with Crippen LogP contribution in [0.3, 0.4) is 0 Å². The Bertz CT molecular complexity index is 1850. The van der Waals surface area contributed by atoms with E-state index < -0.39 is 23.4 Å². The number of fused-ring (bicyclic) bond motifs is 1. The van der Waals surface area contributed by atoms with E-state index in [2.05, 4.69) is 0 Å². The minimum atomic E-state index is -0.928. The predicted octanol–water partition coefficient (Wildman–Crippen LogP) is 3.99. The molecule has 0 aliphatic carbocycles. The first-order chi connectivity index (χ1) is 20.0. The molecule has 206 valence electrons. The van der Waals surface area contributed by atoms with Crippen molar-refractivity contribution in [3.63, 3.8) is 0 Å². The zero-order chi connectivity index (χ0) is 28.9. The molecular weight excluding hydrogens is 545 g/mol. The smallest absolute Gasteiger partial charge is 0.338 e. The number of para-hydroxylation sites is 1. The molecule has 5 rings (SSSR count). The van der Waals surface area contributed by atoms with Gasteiger partial charge in [-0.25, -0.2) is 14.2 Å². The second kappa shape index (κ2) is 12.0. The van der Waals surface area contributed by atoms with Crippen molar-refractivity contribution >= 4 is 29.1 Å². The Morgan fingerprint density at radius 2 is 1.88 bits per heavy atom. The van der Waals surface area contributed by atoms with Gasteiger partial charge < -0.3 is 14.2 Å². The molecule has 0 N–H and O–H groups in total. The van der Waals surface area contributed by atoms with E-state index in [0.717, 1.165) is 11.3 Å². The summed E-state index contributed by atoms with van der Waals surface area (Å²) in [7, 11) is 1.48. The van der Waals surface area contributed by atoms with Gasteiger partial charge in [-0.05, 0) is 36.8 Å². The molecule has 8 nitrogen and oxygen atoms in total. The monoisotopic (exact) mass is 569 g/mol. The van der Waals surface area contributed by atoms with Crippen molar-refractivity contribution in [1.82, 2.24) is 4.57 Å². The van der Waals surface area contributed by atoms with Crippen LogP contribution in [0.4, 0.5) is 4.39 Å². The maximum absolute atomic E-state index is 14.0. The van der Waals surface area contributed by atoms with Gasteiger partial charge >= 0.3 is 5.97 Å². The molecule has 4 aromatic rings. The molecule has 1 atom stereocenters. The summed E-state index contributed by atoms with van der Waals surface area (Å²) >= 11 is 1.14. The Balaban J connectivity index is 1.81. The van der Waals surface area contributed by atoms with Crippen LogP contribution in [-0.2, 0) is 9.53 Å². The standard InChI is InChI=1S/C31H24FN3O5S/c1-3-39-30(37)25-26(19-8-5-4-6-9-19)34-31-35(27(25)20-12-14-22(32)15-13-20)29(36)24(41-31)18-21-10-7-11-23(38-2)28(21)40-17-16-33/h4-15,18,27H,3,17H2,1-2H3/b24-18-/t27-/m1/s1. The first kappa shape index (κ1) is 27.6. The minimum Gasteiger partial charge on any atom is -0.493 e. The molecule has 0 spiro atoms. The number of esters is 1. The van der Waals surface area contributed by atoms with Crippen LogP contribution in [0.1, 0.15) is 29.7 Å². The van der Waals surface area contributed by atoms with E-state index in [9.17, 15) is 14.0 Å². The lowest BCUT2D eigenvalue weighted by Crippen LogP contribution is -2.40. The fourth-order valence-corrected chi connectivity index (χ4v) is 5.60. The van der Waals surface area contributed by atoms with Crippen LogP contribution in [0.5, 0.6) is 11.5 Å². The molecule has 1 aliphatic rings. The Morgan fingerprint density at radius 3 is 2.56 bits per heavy atom. The summed E-state index contributed by atoms with van der Waals surface area (Å²) in [6.45, 7) is 1.60. The third-order valence-electron chi connectivity index (χ3n) is 6.36. The molecule has 0 radical (unpaired) electrons. The highest BCUT2D eigenvalue weighted by molar-refractivity contribution is 7.07. The van der Waals surface area contributed by atoms with Gasteiger partial charge in [0.15, 0.2) is 22.9 Å². The highest BCUT2D eigenvalue weighted by Gasteiger charge is 2.35. The van der Waals surface area contributed by atoms with Crippen molar-refractivity contribution in [2.75, 3.05) is 20.3 Å². The number of methoxy groups -OCH3 is 1. The Morgan fingerprint density at radius 1 is 1.12 bits per heavy atom. The summed E-state index contributed by atoms with van der Waals surface area (Å²) in [6, 6.07) is 21.0. The first-order valence-corrected chi connectivity index (χ1v) is 13.5. The fraction of sp³-hybridized carbons (Fsp3) is 0.161. The van der Waals surface area contributed by atoms with E-state index in [1.54, 1.807) is 43.3 Å². The largest absolute Gasteiger partial charge is 0.493 e. The van der Waals surface area contributed by atoms with Crippen molar-refractivity contribution in [3.05, 3.63) is 121 Å². The summed E-state index contributed by atoms with van der Waals surface area (Å²) in [6.07, 6.45) is 1.64. The Kier molecular flexibility index (Phi) is 8.08. The molecule has 0 saturated heterocycles. The van der Waals surface area contributed by atoms with Gasteiger partial charge in [0, 0.05) is 11.1 Å². The quantitative estimate of drug-likeness (QED) is 0.298. The van der Waals surface area contributed by atoms with Crippen LogP contribution in [0.15, 0.2) is 88.2 Å². The maximum Gasteiger partial charge on any atom is 0.338 e. The maximum atomic E-state index is 14.0. The highest BCUT2D eigenvalue weighted by Crippen LogP contribution is 2.35. The average Bonchev–Trinajstić information content (AvgIpc) is 3.30. The van der Waals surface area contributed by atoms with Gasteiger partial charge in [0.25, 0.3) is 5.56 Å². The van der Waals surface area contributed by atoms with Crippen molar-refractivity contribution in [3.8, 4) is 17.6 Å². The summed E-state index contributed by atoms with van der Waals surface area (Å²) in [5.74, 6) is -0.357. The number of halogens is 1. The van der Waals surface area contributed by atoms with E-state index in [1.165, 1.54) is 23.8 Å². The van der Waals surface area contributed by atoms with Gasteiger partial charge in [-0.1, -0.05) is 65.9 Å². The van der Waals surface area contributed by atoms with Crippen molar-refractivity contribution in [2.24, 2.45) is 4.99 Å². The predicted molar refractivity (Wildman–Crippen MR) is 152 cm³/mol. The lowest BCUT2D eigenvalue weighted by molar-refractivity contribution is -0.138. The number of nitrogens with zero attached hydrogens (tertiary/aromatic N) is 3. The number of aromatic nitrogens is 1. The number of ether oxygens (including phenoxy) is 3. The van der Waals surface area contributed by atoms with Crippen LogP contribution in [0.25, 0.3) is 11.8 Å². The Hall–Kier alpha value is -5.01. The van der Waals surface area contributed by atoms with Crippen LogP contribution in [0, 0.1) is 17.1 Å². The lowest BCUT2D eigenvalue weighted by atomic mass is 9.93. The molecular formula is C31H24FN3O5S. The summed E-state index contributed by atoms with van der Waals surface area (Å²) in [5.41, 5.74) is 1.83. The molecule has 1 aromatic heterocycles. The Labute approximate surface area is 238 Å². The second-order valence-corrected chi connectivity index (χ2v) is 9.82. The topological polar surface area (TPSA) is 103 Å². The minimum absolute atomic E-state index is 0.117. The molecule has 0 fully saturated rings. The number of hydrogen-bond acceptors (Lipinski definition) is 8. The lowest BCUT2D eigenvalue weighted by Gasteiger charge is -2.25. The molecule has 0 amide bonds. The number of carbonyl (C=O) groups excluding carboxylic acids is 1. The summed E-state index contributed by atoms with van der Waals surface area (Å²) in [4.78, 5) is 32.6. The number of hydrogen-bond donors (Lipinski definition) is 0. The third kappa shape index (κ3) is 5.40. The van der Waals surface area contributed by atoms with Crippen molar-refractivity contribution in [2.45, 2.75) is 13.0 Å². The number of nitriles is 1. The molecule has 0 bridgehead atoms. The molecule has 2 heterocycles. The fourth-order valence-electron chi connectivity index (χ4n) is 4.61. The van der Waals surface area contributed by atoms with Gasteiger partial charge in [-0.15, -0.1) is 0 Å². The van der Waals surface area contributed by atoms with Gasteiger partial charge in [0.2, 0.25) is 0 Å². The summed E-state index contributed by atoms with van der Waals surface area (Å²) < 4.78 is 32.1. The SMILES string of the molecule is CCOC(=O)C1=C(c2ccccc2)N=c2s/c(=C\c3cccc(OC)c3OCC#N)c(=O)n2[C@@H]1c1ccc(F)cc1. The molecule has 41 heavy (non-hydrogen) atoms. The van der Waals surface area contributed by atoms with Crippen LogP contribution in [-0.4, -0.2) is 30.9 Å². The number of thiazole rings is 1. The van der Waals surface area contributed by atoms with Crippen LogP contribution < -0.4 is 24.4 Å². The van der Waals surface area contributed by atoms with Crippen molar-refractivity contribution < 1.29 is 23.4 Å². The van der Waals surface area contributed by atoms with E-state index in [-0.39, 0.29) is 18.8 Å². The van der Waals surface area contributed by atoms with Gasteiger partial charge in [0.1, 0.15) is 11.9 Å². The molecule has 3 aromatic carbocycles. The molecule has 0 unspecified atom stereocenters.